The van der Waals surface area contributed by atoms with E-state index in [0.717, 1.165) is 0 Å². The van der Waals surface area contributed by atoms with Crippen LogP contribution in [0.2, 0.25) is 0 Å². The van der Waals surface area contributed by atoms with Crippen molar-refractivity contribution in [1.29, 1.82) is 0 Å². The summed E-state index contributed by atoms with van der Waals surface area (Å²) in [7, 11) is 0. The minimum absolute atomic E-state index is 0.0417. The molecule has 0 fully saturated rings. The van der Waals surface area contributed by atoms with Gasteiger partial charge >= 0.3 is 11.9 Å². The molecule has 8 heteroatoms. The first-order chi connectivity index (χ1) is 9.54. The van der Waals surface area contributed by atoms with Gasteiger partial charge in [-0.1, -0.05) is 0 Å². The summed E-state index contributed by atoms with van der Waals surface area (Å²) in [5.41, 5.74) is 0. The predicted octanol–water partition coefficient (Wildman–Crippen LogP) is -0.280. The van der Waals surface area contributed by atoms with Crippen LogP contribution < -0.4 is 0 Å². The normalized spacial score (nSPS) is 9.70. The second-order valence-electron chi connectivity index (χ2n) is 3.67. The Morgan fingerprint density at radius 2 is 1.05 bits per heavy atom. The molecule has 0 saturated carbocycles. The van der Waals surface area contributed by atoms with Crippen LogP contribution in [0.25, 0.3) is 0 Å². The average molecular weight is 296 g/mol. The highest BCUT2D eigenvalue weighted by Gasteiger charge is 1.99. The minimum atomic E-state index is -0.870. The summed E-state index contributed by atoms with van der Waals surface area (Å²) < 4.78 is 9.75. The summed E-state index contributed by atoms with van der Waals surface area (Å²) in [6, 6.07) is 0. The number of rotatable bonds is 12. The van der Waals surface area contributed by atoms with E-state index in [1.54, 1.807) is 0 Å². The summed E-state index contributed by atoms with van der Waals surface area (Å²) in [5.74, 6) is -1.74. The lowest BCUT2D eigenvalue weighted by atomic mass is 10.2. The molecule has 0 saturated heterocycles. The Bertz CT molecular complexity index is 207. The highest BCUT2D eigenvalue weighted by atomic mass is 16.5. The molecule has 0 radical (unpaired) electrons. The standard InChI is InChI=1S/C6H14O4.C6H10O4/c7-1-3-9-5-6-10-4-2-8;7-5(8)3-1-2-4-6(9)10/h7-8H,1-6H2;1-4H2,(H,7,8)(H,9,10). The van der Waals surface area contributed by atoms with E-state index < -0.39 is 11.9 Å². The maximum absolute atomic E-state index is 9.90. The highest BCUT2D eigenvalue weighted by molar-refractivity contribution is 5.67. The van der Waals surface area contributed by atoms with Crippen molar-refractivity contribution >= 4 is 11.9 Å². The quantitative estimate of drug-likeness (QED) is 0.361. The van der Waals surface area contributed by atoms with Crippen LogP contribution in [0.5, 0.6) is 0 Å². The molecule has 0 rings (SSSR count). The van der Waals surface area contributed by atoms with Crippen LogP contribution in [0.3, 0.4) is 0 Å². The molecule has 0 aliphatic carbocycles. The van der Waals surface area contributed by atoms with Crippen LogP contribution >= 0.6 is 0 Å². The molecule has 4 N–H and O–H groups in total. The van der Waals surface area contributed by atoms with Crippen molar-refractivity contribution in [3.8, 4) is 0 Å². The van der Waals surface area contributed by atoms with Crippen molar-refractivity contribution in [3.05, 3.63) is 0 Å². The van der Waals surface area contributed by atoms with Crippen LogP contribution in [-0.2, 0) is 19.1 Å². The van der Waals surface area contributed by atoms with Crippen LogP contribution in [-0.4, -0.2) is 72.0 Å². The molecule has 0 spiro atoms. The summed E-state index contributed by atoms with van der Waals surface area (Å²) in [6.45, 7) is 1.73. The average Bonchev–Trinajstić information content (AvgIpc) is 2.39. The van der Waals surface area contributed by atoms with Gasteiger partial charge in [0, 0.05) is 12.8 Å². The Labute approximate surface area is 117 Å². The first-order valence-corrected chi connectivity index (χ1v) is 6.35. The number of carboxylic acids is 2. The summed E-state index contributed by atoms with van der Waals surface area (Å²) in [4.78, 5) is 19.8. The monoisotopic (exact) mass is 296 g/mol. The topological polar surface area (TPSA) is 134 Å². The molecule has 0 heterocycles. The van der Waals surface area contributed by atoms with E-state index >= 15 is 0 Å². The number of aliphatic carboxylic acids is 2. The Morgan fingerprint density at radius 3 is 1.30 bits per heavy atom. The lowest BCUT2D eigenvalue weighted by Crippen LogP contribution is -2.09. The predicted molar refractivity (Wildman–Crippen MR) is 69.5 cm³/mol. The molecule has 8 nitrogen and oxygen atoms in total. The van der Waals surface area contributed by atoms with Gasteiger partial charge in [-0.2, -0.15) is 0 Å². The van der Waals surface area contributed by atoms with E-state index in [1.165, 1.54) is 0 Å². The molecular weight excluding hydrogens is 272 g/mol. The van der Waals surface area contributed by atoms with Gasteiger partial charge in [0.25, 0.3) is 0 Å². The van der Waals surface area contributed by atoms with E-state index in [1.807, 2.05) is 0 Å². The lowest BCUT2D eigenvalue weighted by molar-refractivity contribution is -0.139. The van der Waals surface area contributed by atoms with Crippen LogP contribution in [0.4, 0.5) is 0 Å². The van der Waals surface area contributed by atoms with Gasteiger partial charge in [0.15, 0.2) is 0 Å². The van der Waals surface area contributed by atoms with E-state index in [4.69, 9.17) is 29.9 Å². The van der Waals surface area contributed by atoms with Crippen molar-refractivity contribution in [3.63, 3.8) is 0 Å². The largest absolute Gasteiger partial charge is 0.481 e. The second kappa shape index (κ2) is 17.8. The SMILES string of the molecule is O=C(O)CCCCC(=O)O.OCCOCCOCCO. The zero-order valence-electron chi connectivity index (χ0n) is 11.5. The molecule has 120 valence electrons. The van der Waals surface area contributed by atoms with E-state index in [-0.39, 0.29) is 26.1 Å². The molecule has 0 aromatic rings. The highest BCUT2D eigenvalue weighted by Crippen LogP contribution is 1.98. The van der Waals surface area contributed by atoms with E-state index in [0.29, 0.717) is 39.3 Å². The number of ether oxygens (including phenoxy) is 2. The smallest absolute Gasteiger partial charge is 0.303 e. The van der Waals surface area contributed by atoms with Gasteiger partial charge < -0.3 is 29.9 Å². The van der Waals surface area contributed by atoms with Crippen LogP contribution in [0, 0.1) is 0 Å². The summed E-state index contributed by atoms with van der Waals surface area (Å²) in [6.07, 6.45) is 1.02. The van der Waals surface area contributed by atoms with Gasteiger partial charge in [0.05, 0.1) is 39.6 Å². The third kappa shape index (κ3) is 25.6. The van der Waals surface area contributed by atoms with Gasteiger partial charge in [0.2, 0.25) is 0 Å². The fourth-order valence-electron chi connectivity index (χ4n) is 1.00. The number of aliphatic hydroxyl groups is 2. The number of carbonyl (C=O) groups is 2. The van der Waals surface area contributed by atoms with Gasteiger partial charge in [-0.3, -0.25) is 9.59 Å². The Balaban J connectivity index is 0. The Hall–Kier alpha value is -1.22. The van der Waals surface area contributed by atoms with Gasteiger partial charge in [-0.15, -0.1) is 0 Å². The molecule has 0 aromatic heterocycles. The molecule has 0 aromatic carbocycles. The Morgan fingerprint density at radius 1 is 0.700 bits per heavy atom. The maximum atomic E-state index is 9.90. The van der Waals surface area contributed by atoms with Crippen molar-refractivity contribution in [2.24, 2.45) is 0 Å². The zero-order chi connectivity index (χ0) is 15.6. The van der Waals surface area contributed by atoms with Crippen LogP contribution in [0.15, 0.2) is 0 Å². The van der Waals surface area contributed by atoms with E-state index in [9.17, 15) is 9.59 Å². The molecule has 0 aliphatic heterocycles. The number of hydrogen-bond acceptors (Lipinski definition) is 6. The van der Waals surface area contributed by atoms with E-state index in [2.05, 4.69) is 0 Å². The first-order valence-electron chi connectivity index (χ1n) is 6.35. The van der Waals surface area contributed by atoms with Gasteiger partial charge in [-0.25, -0.2) is 0 Å². The minimum Gasteiger partial charge on any atom is -0.481 e. The molecule has 0 amide bonds. The second-order valence-corrected chi connectivity index (χ2v) is 3.67. The molecule has 0 unspecified atom stereocenters. The third-order valence-electron chi connectivity index (χ3n) is 1.87. The Kier molecular flexibility index (Phi) is 18.7. The van der Waals surface area contributed by atoms with Crippen molar-refractivity contribution in [1.82, 2.24) is 0 Å². The third-order valence-corrected chi connectivity index (χ3v) is 1.87. The fraction of sp³-hybridized carbons (Fsp3) is 0.833. The molecule has 0 aliphatic rings. The van der Waals surface area contributed by atoms with Crippen molar-refractivity contribution in [2.45, 2.75) is 25.7 Å². The fourth-order valence-corrected chi connectivity index (χ4v) is 1.00. The first kappa shape index (κ1) is 21.1. The number of unbranched alkanes of at least 4 members (excludes halogenated alkanes) is 1. The molecule has 20 heavy (non-hydrogen) atoms. The molecular formula is C12H24O8. The van der Waals surface area contributed by atoms with Crippen LogP contribution in [0.1, 0.15) is 25.7 Å². The number of hydrogen-bond donors (Lipinski definition) is 4. The maximum Gasteiger partial charge on any atom is 0.303 e. The molecule has 0 atom stereocenters. The van der Waals surface area contributed by atoms with Crippen molar-refractivity contribution < 1.29 is 39.5 Å². The molecule has 0 bridgehead atoms. The lowest BCUT2D eigenvalue weighted by Gasteiger charge is -2.01. The van der Waals surface area contributed by atoms with Gasteiger partial charge in [-0.05, 0) is 12.8 Å². The number of aliphatic hydroxyl groups excluding tert-OH is 2. The van der Waals surface area contributed by atoms with Crippen molar-refractivity contribution in [2.75, 3.05) is 39.6 Å². The zero-order valence-corrected chi connectivity index (χ0v) is 11.5. The van der Waals surface area contributed by atoms with Gasteiger partial charge in [0.1, 0.15) is 0 Å². The number of carboxylic acid groups (broad SMARTS) is 2. The summed E-state index contributed by atoms with van der Waals surface area (Å²) in [5, 5.41) is 32.8. The summed E-state index contributed by atoms with van der Waals surface area (Å²) >= 11 is 0.